The van der Waals surface area contributed by atoms with Gasteiger partial charge in [0.1, 0.15) is 0 Å². The van der Waals surface area contributed by atoms with Crippen molar-refractivity contribution in [2.75, 3.05) is 26.2 Å². The lowest BCUT2D eigenvalue weighted by atomic mass is 9.76. The summed E-state index contributed by atoms with van der Waals surface area (Å²) in [6.45, 7) is 2.61. The Morgan fingerprint density at radius 2 is 1.94 bits per heavy atom. The fourth-order valence-corrected chi connectivity index (χ4v) is 2.21. The van der Waals surface area contributed by atoms with E-state index in [1.807, 2.05) is 11.8 Å². The second-order valence-electron chi connectivity index (χ2n) is 4.57. The lowest BCUT2D eigenvalue weighted by molar-refractivity contribution is -0.325. The van der Waals surface area contributed by atoms with E-state index in [1.54, 1.807) is 0 Å². The molecule has 1 aliphatic rings. The maximum absolute atomic E-state index is 11.8. The number of hydrogen-bond acceptors (Lipinski definition) is 3. The van der Waals surface area contributed by atoms with Crippen molar-refractivity contribution in [1.82, 2.24) is 4.90 Å². The van der Waals surface area contributed by atoms with Crippen molar-refractivity contribution >= 4 is 5.97 Å². The average molecular weight is 269 g/mol. The van der Waals surface area contributed by atoms with E-state index in [9.17, 15) is 18.0 Å². The molecule has 1 fully saturated rings. The Balaban J connectivity index is 2.33. The average Bonchev–Trinajstić information content (AvgIpc) is 2.28. The van der Waals surface area contributed by atoms with Crippen molar-refractivity contribution in [1.29, 1.82) is 0 Å². The second kappa shape index (κ2) is 5.88. The first-order chi connectivity index (χ1) is 8.29. The van der Waals surface area contributed by atoms with Crippen LogP contribution in [0.3, 0.4) is 0 Å². The highest BCUT2D eigenvalue weighted by Crippen LogP contribution is 2.35. The van der Waals surface area contributed by atoms with E-state index in [2.05, 4.69) is 4.74 Å². The van der Waals surface area contributed by atoms with Gasteiger partial charge in [-0.3, -0.25) is 9.53 Å². The van der Waals surface area contributed by atoms with Crippen molar-refractivity contribution < 1.29 is 27.8 Å². The molecular formula is C11H18F3NO3. The largest absolute Gasteiger partial charge is 0.522 e. The van der Waals surface area contributed by atoms with Gasteiger partial charge in [-0.1, -0.05) is 6.92 Å². The van der Waals surface area contributed by atoms with Crippen LogP contribution in [-0.4, -0.2) is 48.6 Å². The molecule has 0 bridgehead atoms. The molecule has 0 aromatic rings. The van der Waals surface area contributed by atoms with Gasteiger partial charge < -0.3 is 10.0 Å². The van der Waals surface area contributed by atoms with Crippen LogP contribution in [0.4, 0.5) is 13.2 Å². The molecule has 0 aromatic heterocycles. The van der Waals surface area contributed by atoms with Gasteiger partial charge in [-0.25, -0.2) is 0 Å². The molecule has 106 valence electrons. The molecule has 1 rings (SSSR count). The number of alkyl halides is 3. The van der Waals surface area contributed by atoms with E-state index in [1.165, 1.54) is 0 Å². The highest BCUT2D eigenvalue weighted by atomic mass is 19.4. The zero-order valence-corrected chi connectivity index (χ0v) is 10.3. The number of nitrogens with zero attached hydrogens (tertiary/aromatic N) is 1. The maximum Gasteiger partial charge on any atom is 0.522 e. The van der Waals surface area contributed by atoms with Crippen LogP contribution >= 0.6 is 0 Å². The summed E-state index contributed by atoms with van der Waals surface area (Å²) in [5, 5.41) is 9.17. The van der Waals surface area contributed by atoms with E-state index in [4.69, 9.17) is 5.11 Å². The molecule has 1 heterocycles. The lowest BCUT2D eigenvalue weighted by Gasteiger charge is -2.38. The van der Waals surface area contributed by atoms with Crippen molar-refractivity contribution in [2.45, 2.75) is 32.5 Å². The Labute approximate surface area is 104 Å². The van der Waals surface area contributed by atoms with Crippen molar-refractivity contribution in [3.63, 3.8) is 0 Å². The minimum absolute atomic E-state index is 0.179. The molecule has 0 saturated carbocycles. The van der Waals surface area contributed by atoms with Gasteiger partial charge in [0.2, 0.25) is 0 Å². The first kappa shape index (κ1) is 15.2. The fourth-order valence-electron chi connectivity index (χ4n) is 2.21. The van der Waals surface area contributed by atoms with Crippen LogP contribution in [0.15, 0.2) is 0 Å². The molecule has 0 atom stereocenters. The minimum atomic E-state index is -4.59. The van der Waals surface area contributed by atoms with Crippen LogP contribution in [0.1, 0.15) is 26.2 Å². The summed E-state index contributed by atoms with van der Waals surface area (Å²) in [6, 6.07) is 0. The third kappa shape index (κ3) is 4.13. The number of rotatable bonds is 5. The number of hydrogen-bond donors (Lipinski definition) is 1. The molecular weight excluding hydrogens is 251 g/mol. The predicted molar refractivity (Wildman–Crippen MR) is 58.0 cm³/mol. The number of halogens is 3. The molecule has 4 nitrogen and oxygen atoms in total. The predicted octanol–water partition coefficient (Wildman–Crippen LogP) is 2.10. The Hall–Kier alpha value is -0.820. The molecule has 0 unspecified atom stereocenters. The zero-order chi connectivity index (χ0) is 13.8. The number of carboxylic acids is 1. The summed E-state index contributed by atoms with van der Waals surface area (Å²) >= 11 is 0. The van der Waals surface area contributed by atoms with E-state index in [0.29, 0.717) is 32.4 Å². The summed E-state index contributed by atoms with van der Waals surface area (Å²) in [5.41, 5.74) is -0.707. The van der Waals surface area contributed by atoms with Gasteiger partial charge in [-0.05, 0) is 32.4 Å². The molecule has 0 radical (unpaired) electrons. The highest BCUT2D eigenvalue weighted by Gasteiger charge is 2.39. The summed E-state index contributed by atoms with van der Waals surface area (Å²) in [7, 11) is 0. The molecule has 0 amide bonds. The van der Waals surface area contributed by atoms with Gasteiger partial charge >= 0.3 is 12.3 Å². The number of aliphatic carboxylic acids is 1. The molecule has 0 spiro atoms. The fraction of sp³-hybridized carbons (Fsp3) is 0.909. The first-order valence-corrected chi connectivity index (χ1v) is 5.95. The van der Waals surface area contributed by atoms with Gasteiger partial charge in [0.05, 0.1) is 12.0 Å². The number of ether oxygens (including phenoxy) is 1. The van der Waals surface area contributed by atoms with Crippen LogP contribution < -0.4 is 0 Å². The molecule has 0 aliphatic carbocycles. The maximum atomic E-state index is 11.8. The van der Waals surface area contributed by atoms with Crippen molar-refractivity contribution in [3.8, 4) is 0 Å². The monoisotopic (exact) mass is 269 g/mol. The van der Waals surface area contributed by atoms with Crippen LogP contribution in [-0.2, 0) is 9.53 Å². The van der Waals surface area contributed by atoms with E-state index < -0.39 is 24.4 Å². The van der Waals surface area contributed by atoms with Crippen LogP contribution in [0.2, 0.25) is 0 Å². The minimum Gasteiger partial charge on any atom is -0.481 e. The number of piperidine rings is 1. The summed E-state index contributed by atoms with van der Waals surface area (Å²) in [6.07, 6.45) is -3.09. The summed E-state index contributed by atoms with van der Waals surface area (Å²) < 4.78 is 39.0. The van der Waals surface area contributed by atoms with Crippen molar-refractivity contribution in [3.05, 3.63) is 0 Å². The van der Waals surface area contributed by atoms with Gasteiger partial charge in [0, 0.05) is 6.54 Å². The highest BCUT2D eigenvalue weighted by molar-refractivity contribution is 5.74. The quantitative estimate of drug-likeness (QED) is 0.830. The number of carboxylic acid groups (broad SMARTS) is 1. The molecule has 1 N–H and O–H groups in total. The standard InChI is InChI=1S/C11H18F3NO3/c1-2-10(9(16)17)3-5-15(6-4-10)7-8-18-11(12,13)14/h2-8H2,1H3,(H,16,17). The normalized spacial score (nSPS) is 20.9. The van der Waals surface area contributed by atoms with E-state index in [-0.39, 0.29) is 6.54 Å². The molecule has 18 heavy (non-hydrogen) atoms. The molecule has 1 saturated heterocycles. The third-order valence-corrected chi connectivity index (χ3v) is 3.62. The lowest BCUT2D eigenvalue weighted by Crippen LogP contribution is -2.45. The van der Waals surface area contributed by atoms with E-state index in [0.717, 1.165) is 0 Å². The van der Waals surface area contributed by atoms with Crippen LogP contribution in [0.5, 0.6) is 0 Å². The topological polar surface area (TPSA) is 49.8 Å². The SMILES string of the molecule is CCC1(C(=O)O)CCN(CCOC(F)(F)F)CC1. The second-order valence-corrected chi connectivity index (χ2v) is 4.57. The molecule has 7 heteroatoms. The Bertz CT molecular complexity index is 286. The van der Waals surface area contributed by atoms with E-state index >= 15 is 0 Å². The first-order valence-electron chi connectivity index (χ1n) is 5.95. The van der Waals surface area contributed by atoms with Crippen molar-refractivity contribution in [2.24, 2.45) is 5.41 Å². The van der Waals surface area contributed by atoms with Gasteiger partial charge in [0.15, 0.2) is 0 Å². The Morgan fingerprint density at radius 3 is 2.33 bits per heavy atom. The third-order valence-electron chi connectivity index (χ3n) is 3.62. The van der Waals surface area contributed by atoms with Crippen LogP contribution in [0.25, 0.3) is 0 Å². The Morgan fingerprint density at radius 1 is 1.39 bits per heavy atom. The summed E-state index contributed by atoms with van der Waals surface area (Å²) in [4.78, 5) is 13.0. The smallest absolute Gasteiger partial charge is 0.481 e. The molecule has 1 aliphatic heterocycles. The number of likely N-dealkylation sites (tertiary alicyclic amines) is 1. The van der Waals surface area contributed by atoms with Crippen LogP contribution in [0, 0.1) is 5.41 Å². The number of carbonyl (C=O) groups is 1. The molecule has 0 aromatic carbocycles. The van der Waals surface area contributed by atoms with Gasteiger partial charge in [-0.2, -0.15) is 0 Å². The summed E-state index contributed by atoms with van der Waals surface area (Å²) in [5.74, 6) is -0.809. The Kier molecular flexibility index (Phi) is 4.98. The van der Waals surface area contributed by atoms with Gasteiger partial charge in [-0.15, -0.1) is 13.2 Å². The zero-order valence-electron chi connectivity index (χ0n) is 10.3. The van der Waals surface area contributed by atoms with Gasteiger partial charge in [0.25, 0.3) is 0 Å².